The van der Waals surface area contributed by atoms with Crippen LogP contribution in [0.25, 0.3) is 0 Å². The van der Waals surface area contributed by atoms with E-state index in [4.69, 9.17) is 0 Å². The lowest BCUT2D eigenvalue weighted by atomic mass is 10.3. The first kappa shape index (κ1) is 15.5. The molecule has 0 saturated heterocycles. The van der Waals surface area contributed by atoms with Crippen LogP contribution in [0.4, 0.5) is 10.1 Å². The number of nitrogens with zero attached hydrogens (tertiary/aromatic N) is 4. The topological polar surface area (TPSA) is 47.7 Å². The standard InChI is InChI=1S/C12H18FN5.ClH/c1-3-17-6-4-11(16-17)8-14-12-9-15-18(7-5-13)10(12)2;/h4,6,9,14H,3,5,7-8H2,1-2H3;1H. The van der Waals surface area contributed by atoms with Gasteiger partial charge in [-0.2, -0.15) is 10.2 Å². The van der Waals surface area contributed by atoms with Crippen LogP contribution < -0.4 is 5.32 Å². The number of aromatic nitrogens is 4. The molecule has 2 aromatic rings. The van der Waals surface area contributed by atoms with E-state index in [1.165, 1.54) is 0 Å². The second kappa shape index (κ2) is 7.13. The number of aryl methyl sites for hydroxylation is 2. The van der Waals surface area contributed by atoms with Crippen molar-refractivity contribution in [1.82, 2.24) is 19.6 Å². The molecule has 0 radical (unpaired) electrons. The number of alkyl halides is 1. The molecular weight excluding hydrogens is 269 g/mol. The Bertz CT molecular complexity index is 508. The lowest BCUT2D eigenvalue weighted by Crippen LogP contribution is -2.06. The first-order valence-corrected chi connectivity index (χ1v) is 6.09. The van der Waals surface area contributed by atoms with Crippen molar-refractivity contribution in [2.24, 2.45) is 0 Å². The Labute approximate surface area is 118 Å². The van der Waals surface area contributed by atoms with E-state index in [1.54, 1.807) is 10.9 Å². The molecule has 0 spiro atoms. The van der Waals surface area contributed by atoms with Gasteiger partial charge in [-0.3, -0.25) is 9.36 Å². The molecule has 0 fully saturated rings. The van der Waals surface area contributed by atoms with E-state index in [9.17, 15) is 4.39 Å². The Morgan fingerprint density at radius 3 is 2.84 bits per heavy atom. The minimum Gasteiger partial charge on any atom is -0.377 e. The van der Waals surface area contributed by atoms with Gasteiger partial charge in [0.05, 0.1) is 36.4 Å². The molecule has 0 bridgehead atoms. The van der Waals surface area contributed by atoms with E-state index in [1.807, 2.05) is 23.9 Å². The maximum absolute atomic E-state index is 12.3. The van der Waals surface area contributed by atoms with Crippen molar-refractivity contribution in [1.29, 1.82) is 0 Å². The van der Waals surface area contributed by atoms with Gasteiger partial charge < -0.3 is 5.32 Å². The predicted molar refractivity (Wildman–Crippen MR) is 75.4 cm³/mol. The van der Waals surface area contributed by atoms with Crippen molar-refractivity contribution in [3.63, 3.8) is 0 Å². The highest BCUT2D eigenvalue weighted by molar-refractivity contribution is 5.85. The molecule has 1 N–H and O–H groups in total. The van der Waals surface area contributed by atoms with Crippen LogP contribution in [0.5, 0.6) is 0 Å². The molecule has 0 aliphatic heterocycles. The molecule has 0 amide bonds. The molecular formula is C12H19ClFN5. The van der Waals surface area contributed by atoms with Gasteiger partial charge in [0, 0.05) is 12.7 Å². The molecule has 0 aromatic carbocycles. The van der Waals surface area contributed by atoms with Crippen LogP contribution in [0.2, 0.25) is 0 Å². The normalized spacial score (nSPS) is 10.3. The summed E-state index contributed by atoms with van der Waals surface area (Å²) >= 11 is 0. The molecule has 19 heavy (non-hydrogen) atoms. The Morgan fingerprint density at radius 1 is 1.42 bits per heavy atom. The highest BCUT2D eigenvalue weighted by Crippen LogP contribution is 2.14. The van der Waals surface area contributed by atoms with Crippen molar-refractivity contribution >= 4 is 18.1 Å². The van der Waals surface area contributed by atoms with Gasteiger partial charge in [-0.15, -0.1) is 12.4 Å². The van der Waals surface area contributed by atoms with Gasteiger partial charge in [-0.05, 0) is 19.9 Å². The fraction of sp³-hybridized carbons (Fsp3) is 0.500. The average molecular weight is 288 g/mol. The summed E-state index contributed by atoms with van der Waals surface area (Å²) in [6.07, 6.45) is 3.68. The maximum atomic E-state index is 12.3. The lowest BCUT2D eigenvalue weighted by molar-refractivity contribution is 0.423. The van der Waals surface area contributed by atoms with Gasteiger partial charge in [0.15, 0.2) is 0 Å². The van der Waals surface area contributed by atoms with E-state index in [0.29, 0.717) is 13.1 Å². The largest absolute Gasteiger partial charge is 0.377 e. The van der Waals surface area contributed by atoms with Gasteiger partial charge in [-0.1, -0.05) is 0 Å². The summed E-state index contributed by atoms with van der Waals surface area (Å²) in [6.45, 7) is 5.40. The van der Waals surface area contributed by atoms with Crippen LogP contribution >= 0.6 is 12.4 Å². The number of halogens is 2. The van der Waals surface area contributed by atoms with Gasteiger partial charge in [-0.25, -0.2) is 4.39 Å². The Hall–Kier alpha value is -1.56. The third-order valence-corrected chi connectivity index (χ3v) is 2.88. The zero-order valence-electron chi connectivity index (χ0n) is 11.1. The predicted octanol–water partition coefficient (Wildman–Crippen LogP) is 2.41. The molecule has 2 aromatic heterocycles. The number of hydrogen-bond acceptors (Lipinski definition) is 3. The quantitative estimate of drug-likeness (QED) is 0.887. The van der Waals surface area contributed by atoms with Crippen LogP contribution in [-0.2, 0) is 19.6 Å². The fourth-order valence-electron chi connectivity index (χ4n) is 1.79. The molecule has 5 nitrogen and oxygen atoms in total. The summed E-state index contributed by atoms with van der Waals surface area (Å²) in [7, 11) is 0. The van der Waals surface area contributed by atoms with E-state index < -0.39 is 6.67 Å². The van der Waals surface area contributed by atoms with Crippen LogP contribution in [0.1, 0.15) is 18.3 Å². The zero-order chi connectivity index (χ0) is 13.0. The Morgan fingerprint density at radius 2 is 2.21 bits per heavy atom. The van der Waals surface area contributed by atoms with E-state index in [2.05, 4.69) is 22.4 Å². The van der Waals surface area contributed by atoms with Crippen LogP contribution in [-0.4, -0.2) is 26.2 Å². The van der Waals surface area contributed by atoms with Gasteiger partial charge in [0.25, 0.3) is 0 Å². The molecule has 0 aliphatic rings. The van der Waals surface area contributed by atoms with Crippen molar-refractivity contribution in [2.75, 3.05) is 12.0 Å². The van der Waals surface area contributed by atoms with Crippen LogP contribution in [0.15, 0.2) is 18.5 Å². The second-order valence-electron chi connectivity index (χ2n) is 4.07. The molecule has 2 rings (SSSR count). The first-order chi connectivity index (χ1) is 8.74. The summed E-state index contributed by atoms with van der Waals surface area (Å²) in [5, 5.41) is 11.8. The average Bonchev–Trinajstić information content (AvgIpc) is 2.96. The summed E-state index contributed by atoms with van der Waals surface area (Å²) < 4.78 is 15.8. The fourth-order valence-corrected chi connectivity index (χ4v) is 1.79. The molecule has 106 valence electrons. The summed E-state index contributed by atoms with van der Waals surface area (Å²) in [5.74, 6) is 0. The number of nitrogens with one attached hydrogen (secondary N) is 1. The number of rotatable bonds is 6. The van der Waals surface area contributed by atoms with Crippen molar-refractivity contribution in [3.05, 3.63) is 29.8 Å². The van der Waals surface area contributed by atoms with Crippen molar-refractivity contribution < 1.29 is 4.39 Å². The summed E-state index contributed by atoms with van der Waals surface area (Å²) in [6, 6.07) is 1.98. The maximum Gasteiger partial charge on any atom is 0.109 e. The molecule has 7 heteroatoms. The Kier molecular flexibility index (Phi) is 5.82. The third-order valence-electron chi connectivity index (χ3n) is 2.88. The van der Waals surface area contributed by atoms with Crippen molar-refractivity contribution in [3.8, 4) is 0 Å². The lowest BCUT2D eigenvalue weighted by Gasteiger charge is -2.04. The minimum absolute atomic E-state index is 0. The minimum atomic E-state index is -0.400. The summed E-state index contributed by atoms with van der Waals surface area (Å²) in [4.78, 5) is 0. The van der Waals surface area contributed by atoms with E-state index >= 15 is 0 Å². The number of anilines is 1. The van der Waals surface area contributed by atoms with Crippen molar-refractivity contribution in [2.45, 2.75) is 33.5 Å². The van der Waals surface area contributed by atoms with Gasteiger partial charge >= 0.3 is 0 Å². The molecule has 0 aliphatic carbocycles. The van der Waals surface area contributed by atoms with E-state index in [0.717, 1.165) is 23.6 Å². The van der Waals surface area contributed by atoms with Gasteiger partial charge in [0.1, 0.15) is 6.67 Å². The SMILES string of the molecule is CCn1ccc(CNc2cnn(CCF)c2C)n1.Cl. The second-order valence-corrected chi connectivity index (χ2v) is 4.07. The molecule has 0 atom stereocenters. The third kappa shape index (κ3) is 3.70. The smallest absolute Gasteiger partial charge is 0.109 e. The number of hydrogen-bond donors (Lipinski definition) is 1. The molecule has 0 unspecified atom stereocenters. The Balaban J connectivity index is 0.00000180. The van der Waals surface area contributed by atoms with Gasteiger partial charge in [0.2, 0.25) is 0 Å². The van der Waals surface area contributed by atoms with E-state index in [-0.39, 0.29) is 12.4 Å². The zero-order valence-corrected chi connectivity index (χ0v) is 12.0. The first-order valence-electron chi connectivity index (χ1n) is 6.09. The highest BCUT2D eigenvalue weighted by atomic mass is 35.5. The van der Waals surface area contributed by atoms with Crippen LogP contribution in [0.3, 0.4) is 0 Å². The monoisotopic (exact) mass is 287 g/mol. The van der Waals surface area contributed by atoms with Crippen LogP contribution in [0, 0.1) is 6.92 Å². The molecule has 2 heterocycles. The highest BCUT2D eigenvalue weighted by Gasteiger charge is 2.06. The summed E-state index contributed by atoms with van der Waals surface area (Å²) in [5.41, 5.74) is 2.85. The molecule has 0 saturated carbocycles.